The average Bonchev–Trinajstić information content (AvgIpc) is 2.96. The third kappa shape index (κ3) is 1.83. The van der Waals surface area contributed by atoms with Crippen LogP contribution in [0.2, 0.25) is 0 Å². The first-order chi connectivity index (χ1) is 11.8. The van der Waals surface area contributed by atoms with Gasteiger partial charge in [0, 0.05) is 41.2 Å². The summed E-state index contributed by atoms with van der Waals surface area (Å²) in [7, 11) is 2.11. The van der Waals surface area contributed by atoms with Gasteiger partial charge in [0.25, 0.3) is 0 Å². The van der Waals surface area contributed by atoms with Gasteiger partial charge in [-0.1, -0.05) is 54.6 Å². The zero-order valence-electron chi connectivity index (χ0n) is 13.4. The van der Waals surface area contributed by atoms with Crippen LogP contribution in [0.3, 0.4) is 0 Å². The molecule has 0 bridgehead atoms. The minimum Gasteiger partial charge on any atom is -0.457 e. The van der Waals surface area contributed by atoms with E-state index in [1.807, 2.05) is 12.1 Å². The highest BCUT2D eigenvalue weighted by Crippen LogP contribution is 2.48. The van der Waals surface area contributed by atoms with E-state index < -0.39 is 0 Å². The van der Waals surface area contributed by atoms with Crippen LogP contribution in [0, 0.1) is 0 Å². The van der Waals surface area contributed by atoms with Crippen LogP contribution in [0.15, 0.2) is 79.0 Å². The maximum Gasteiger partial charge on any atom is 0.131 e. The Kier molecular flexibility index (Phi) is 2.80. The summed E-state index contributed by atoms with van der Waals surface area (Å²) in [5, 5.41) is 1.30. The van der Waals surface area contributed by atoms with E-state index in [4.69, 9.17) is 4.74 Å². The van der Waals surface area contributed by atoms with Crippen molar-refractivity contribution >= 4 is 10.9 Å². The molecule has 3 aromatic carbocycles. The maximum absolute atomic E-state index is 6.14. The first-order valence-electron chi connectivity index (χ1n) is 8.22. The summed E-state index contributed by atoms with van der Waals surface area (Å²) in [4.78, 5) is 0. The summed E-state index contributed by atoms with van der Waals surface area (Å²) in [5.41, 5.74) is 5.05. The highest BCUT2D eigenvalue weighted by Gasteiger charge is 2.30. The van der Waals surface area contributed by atoms with E-state index in [1.165, 1.54) is 27.6 Å². The fourth-order valence-electron chi connectivity index (χ4n) is 3.85. The minimum atomic E-state index is 0.192. The standard InChI is InChI=1S/C22H17NO/c1-23-14-18(15-8-2-5-11-19(15)23)22-16-9-3-6-12-20(16)24-21-13-7-4-10-17(21)22/h2-14,22H,1H3. The third-order valence-electron chi connectivity index (χ3n) is 4.92. The van der Waals surface area contributed by atoms with Crippen molar-refractivity contribution in [3.8, 4) is 11.5 Å². The number of ether oxygens (including phenoxy) is 1. The van der Waals surface area contributed by atoms with Crippen molar-refractivity contribution in [2.75, 3.05) is 0 Å². The highest BCUT2D eigenvalue weighted by atomic mass is 16.5. The Hall–Kier alpha value is -3.00. The predicted octanol–water partition coefficient (Wildman–Crippen LogP) is 5.46. The van der Waals surface area contributed by atoms with Crippen LogP contribution in [0.4, 0.5) is 0 Å². The van der Waals surface area contributed by atoms with Gasteiger partial charge in [-0.05, 0) is 23.8 Å². The molecule has 1 aromatic heterocycles. The molecule has 1 aliphatic heterocycles. The van der Waals surface area contributed by atoms with Crippen molar-refractivity contribution in [2.45, 2.75) is 5.92 Å². The van der Waals surface area contributed by atoms with Crippen LogP contribution in [0.5, 0.6) is 11.5 Å². The lowest BCUT2D eigenvalue weighted by Crippen LogP contribution is -2.11. The number of hydrogen-bond acceptors (Lipinski definition) is 1. The molecule has 2 nitrogen and oxygen atoms in total. The van der Waals surface area contributed by atoms with Crippen molar-refractivity contribution in [2.24, 2.45) is 7.05 Å². The van der Waals surface area contributed by atoms with E-state index in [2.05, 4.69) is 78.5 Å². The van der Waals surface area contributed by atoms with Crippen molar-refractivity contribution < 1.29 is 4.74 Å². The van der Waals surface area contributed by atoms with Gasteiger partial charge in [0.2, 0.25) is 0 Å². The van der Waals surface area contributed by atoms with Gasteiger partial charge in [0.05, 0.1) is 0 Å². The first kappa shape index (κ1) is 13.4. The average molecular weight is 311 g/mol. The highest BCUT2D eigenvalue weighted by molar-refractivity contribution is 5.86. The van der Waals surface area contributed by atoms with Gasteiger partial charge in [-0.25, -0.2) is 0 Å². The lowest BCUT2D eigenvalue weighted by molar-refractivity contribution is 0.453. The molecule has 0 unspecified atom stereocenters. The number of benzene rings is 3. The second-order valence-electron chi connectivity index (χ2n) is 6.32. The van der Waals surface area contributed by atoms with Crippen molar-refractivity contribution in [1.82, 2.24) is 4.57 Å². The lowest BCUT2D eigenvalue weighted by Gasteiger charge is -2.28. The van der Waals surface area contributed by atoms with Gasteiger partial charge in [-0.15, -0.1) is 0 Å². The summed E-state index contributed by atoms with van der Waals surface area (Å²) < 4.78 is 8.35. The van der Waals surface area contributed by atoms with Gasteiger partial charge >= 0.3 is 0 Å². The van der Waals surface area contributed by atoms with E-state index >= 15 is 0 Å². The largest absolute Gasteiger partial charge is 0.457 e. The van der Waals surface area contributed by atoms with Crippen LogP contribution in [-0.4, -0.2) is 4.57 Å². The monoisotopic (exact) mass is 311 g/mol. The molecule has 116 valence electrons. The third-order valence-corrected chi connectivity index (χ3v) is 4.92. The van der Waals surface area contributed by atoms with Gasteiger partial charge in [-0.2, -0.15) is 0 Å². The van der Waals surface area contributed by atoms with Crippen LogP contribution in [0.1, 0.15) is 22.6 Å². The van der Waals surface area contributed by atoms with E-state index in [0.717, 1.165) is 11.5 Å². The van der Waals surface area contributed by atoms with E-state index in [0.29, 0.717) is 0 Å². The Morgan fingerprint density at radius 2 is 1.29 bits per heavy atom. The number of para-hydroxylation sites is 3. The maximum atomic E-state index is 6.14. The number of aromatic nitrogens is 1. The van der Waals surface area contributed by atoms with E-state index in [9.17, 15) is 0 Å². The van der Waals surface area contributed by atoms with Gasteiger partial charge in [0.1, 0.15) is 11.5 Å². The van der Waals surface area contributed by atoms with Crippen LogP contribution >= 0.6 is 0 Å². The number of rotatable bonds is 1. The smallest absolute Gasteiger partial charge is 0.131 e. The van der Waals surface area contributed by atoms with Crippen LogP contribution < -0.4 is 4.74 Å². The summed E-state index contributed by atoms with van der Waals surface area (Å²) in [6.07, 6.45) is 2.26. The number of nitrogens with zero attached hydrogens (tertiary/aromatic N) is 1. The second-order valence-corrected chi connectivity index (χ2v) is 6.32. The molecule has 1 aliphatic rings. The molecule has 2 heterocycles. The molecule has 0 aliphatic carbocycles. The fourth-order valence-corrected chi connectivity index (χ4v) is 3.85. The predicted molar refractivity (Wildman–Crippen MR) is 96.8 cm³/mol. The molecule has 4 aromatic rings. The minimum absolute atomic E-state index is 0.192. The molecule has 0 spiro atoms. The molecule has 24 heavy (non-hydrogen) atoms. The molecule has 0 N–H and O–H groups in total. The molecule has 0 saturated carbocycles. The Morgan fingerprint density at radius 1 is 0.708 bits per heavy atom. The van der Waals surface area contributed by atoms with Crippen LogP contribution in [-0.2, 0) is 7.05 Å². The molecule has 0 radical (unpaired) electrons. The molecule has 2 heteroatoms. The van der Waals surface area contributed by atoms with E-state index in [1.54, 1.807) is 0 Å². The second kappa shape index (κ2) is 5.00. The van der Waals surface area contributed by atoms with Gasteiger partial charge in [-0.3, -0.25) is 0 Å². The van der Waals surface area contributed by atoms with E-state index in [-0.39, 0.29) is 5.92 Å². The Morgan fingerprint density at radius 3 is 2.00 bits per heavy atom. The topological polar surface area (TPSA) is 14.2 Å². The molecule has 0 amide bonds. The summed E-state index contributed by atoms with van der Waals surface area (Å²) >= 11 is 0. The SMILES string of the molecule is Cn1cc(C2c3ccccc3Oc3ccccc32)c2ccccc21. The number of fused-ring (bicyclic) bond motifs is 3. The number of hydrogen-bond donors (Lipinski definition) is 0. The molecular weight excluding hydrogens is 294 g/mol. The molecule has 0 fully saturated rings. The number of aryl methyl sites for hydroxylation is 1. The van der Waals surface area contributed by atoms with Gasteiger partial charge in [0.15, 0.2) is 0 Å². The Bertz CT molecular complexity index is 1010. The zero-order valence-corrected chi connectivity index (χ0v) is 13.4. The molecule has 0 atom stereocenters. The Labute approximate surface area is 140 Å². The molecule has 5 rings (SSSR count). The van der Waals surface area contributed by atoms with Crippen molar-refractivity contribution in [3.05, 3.63) is 95.7 Å². The Balaban J connectivity index is 1.84. The first-order valence-corrected chi connectivity index (χ1v) is 8.22. The van der Waals surface area contributed by atoms with Crippen LogP contribution in [0.25, 0.3) is 10.9 Å². The summed E-state index contributed by atoms with van der Waals surface area (Å²) in [6.45, 7) is 0. The quantitative estimate of drug-likeness (QED) is 0.401. The summed E-state index contributed by atoms with van der Waals surface area (Å²) in [5.74, 6) is 2.10. The molecule has 0 saturated heterocycles. The summed E-state index contributed by atoms with van der Waals surface area (Å²) in [6, 6.07) is 25.3. The fraction of sp³-hybridized carbons (Fsp3) is 0.0909. The van der Waals surface area contributed by atoms with Gasteiger partial charge < -0.3 is 9.30 Å². The normalized spacial score (nSPS) is 13.4. The van der Waals surface area contributed by atoms with Crippen molar-refractivity contribution in [1.29, 1.82) is 0 Å². The zero-order chi connectivity index (χ0) is 16.1. The molecular formula is C22H17NO. The van der Waals surface area contributed by atoms with Crippen molar-refractivity contribution in [3.63, 3.8) is 0 Å². The lowest BCUT2D eigenvalue weighted by atomic mass is 9.82.